The maximum absolute atomic E-state index is 14.1. The number of rotatable bonds is 10. The molecule has 0 saturated carbocycles. The van der Waals surface area contributed by atoms with Gasteiger partial charge in [-0.1, -0.05) is 13.0 Å². The van der Waals surface area contributed by atoms with Crippen molar-refractivity contribution in [3.8, 4) is 0 Å². The summed E-state index contributed by atoms with van der Waals surface area (Å²) in [6.07, 6.45) is -4.84. The fraction of sp³-hybridized carbons (Fsp3) is 0.476. The third-order valence-corrected chi connectivity index (χ3v) is 5.02. The number of hydrogen-bond donors (Lipinski definition) is 4. The second-order valence-corrected chi connectivity index (χ2v) is 7.30. The molecule has 33 heavy (non-hydrogen) atoms. The lowest BCUT2D eigenvalue weighted by atomic mass is 10.1. The summed E-state index contributed by atoms with van der Waals surface area (Å²) in [7, 11) is 0. The van der Waals surface area contributed by atoms with E-state index in [9.17, 15) is 27.2 Å². The summed E-state index contributed by atoms with van der Waals surface area (Å²) in [6, 6.07) is 2.27. The van der Waals surface area contributed by atoms with Crippen molar-refractivity contribution in [2.75, 3.05) is 45.9 Å². The molecule has 5 N–H and O–H groups in total. The molecule has 1 heterocycles. The Kier molecular flexibility index (Phi) is 9.35. The van der Waals surface area contributed by atoms with Crippen molar-refractivity contribution in [1.82, 2.24) is 15.5 Å². The SMILES string of the molecule is CCC(=N)/C(C(=O)OCC(=O)c1cccc(C(F)(F)F)c1F)=C(/N)NCCN1CCNCC1. The van der Waals surface area contributed by atoms with Gasteiger partial charge in [0.1, 0.15) is 17.2 Å². The first-order chi connectivity index (χ1) is 15.6. The Balaban J connectivity index is 2.05. The molecule has 1 aromatic rings. The number of carbonyl (C=O) groups excluding carboxylic acids is 2. The third kappa shape index (κ3) is 7.26. The highest BCUT2D eigenvalue weighted by Gasteiger charge is 2.35. The van der Waals surface area contributed by atoms with Crippen LogP contribution in [-0.2, 0) is 15.7 Å². The largest absolute Gasteiger partial charge is 0.454 e. The number of ketones is 1. The van der Waals surface area contributed by atoms with Crippen molar-refractivity contribution in [2.24, 2.45) is 5.73 Å². The molecule has 1 fully saturated rings. The average Bonchev–Trinajstić information content (AvgIpc) is 2.77. The Bertz CT molecular complexity index is 912. The van der Waals surface area contributed by atoms with Gasteiger partial charge in [0, 0.05) is 45.0 Å². The van der Waals surface area contributed by atoms with Crippen LogP contribution in [0, 0.1) is 11.2 Å². The number of hydrogen-bond acceptors (Lipinski definition) is 8. The standard InChI is InChI=1S/C21H27F4N5O3/c1-2-15(26)17(19(27)29-8-11-30-9-6-28-7-10-30)20(32)33-12-16(31)13-4-3-5-14(18(13)22)21(23,24)25/h3-5,26,28-29H,2,6-12,27H2,1H3/b19-17+,26-15?. The minimum Gasteiger partial charge on any atom is -0.454 e. The molecule has 1 saturated heterocycles. The summed E-state index contributed by atoms with van der Waals surface area (Å²) in [4.78, 5) is 26.9. The van der Waals surface area contributed by atoms with Gasteiger partial charge in [0.15, 0.2) is 6.61 Å². The summed E-state index contributed by atoms with van der Waals surface area (Å²) in [5.74, 6) is -4.11. The zero-order valence-corrected chi connectivity index (χ0v) is 18.2. The van der Waals surface area contributed by atoms with Crippen molar-refractivity contribution in [3.63, 3.8) is 0 Å². The van der Waals surface area contributed by atoms with E-state index in [4.69, 9.17) is 15.9 Å². The molecule has 12 heteroatoms. The molecule has 0 spiro atoms. The minimum absolute atomic E-state index is 0.111. The summed E-state index contributed by atoms with van der Waals surface area (Å²) in [6.45, 7) is 5.11. The van der Waals surface area contributed by atoms with Gasteiger partial charge in [0.05, 0.1) is 11.1 Å². The zero-order valence-electron chi connectivity index (χ0n) is 18.2. The molecule has 1 aromatic carbocycles. The number of benzene rings is 1. The molecule has 0 aromatic heterocycles. The van der Waals surface area contributed by atoms with Crippen LogP contribution in [0.3, 0.4) is 0 Å². The lowest BCUT2D eigenvalue weighted by Crippen LogP contribution is -2.46. The topological polar surface area (TPSA) is 121 Å². The first-order valence-corrected chi connectivity index (χ1v) is 10.4. The Morgan fingerprint density at radius 3 is 2.55 bits per heavy atom. The lowest BCUT2D eigenvalue weighted by Gasteiger charge is -2.27. The number of ether oxygens (including phenoxy) is 1. The van der Waals surface area contributed by atoms with Crippen molar-refractivity contribution in [1.29, 1.82) is 5.41 Å². The van der Waals surface area contributed by atoms with Gasteiger partial charge in [-0.25, -0.2) is 9.18 Å². The molecule has 2 rings (SSSR count). The number of piperazine rings is 1. The van der Waals surface area contributed by atoms with Crippen LogP contribution in [0.15, 0.2) is 29.6 Å². The van der Waals surface area contributed by atoms with E-state index >= 15 is 0 Å². The van der Waals surface area contributed by atoms with Gasteiger partial charge in [0.25, 0.3) is 0 Å². The molecule has 0 radical (unpaired) electrons. The molecular formula is C21H27F4N5O3. The molecule has 0 aliphatic carbocycles. The Morgan fingerprint density at radius 1 is 1.27 bits per heavy atom. The Morgan fingerprint density at radius 2 is 1.94 bits per heavy atom. The van der Waals surface area contributed by atoms with Crippen LogP contribution in [-0.4, -0.2) is 68.2 Å². The van der Waals surface area contributed by atoms with Crippen molar-refractivity contribution in [2.45, 2.75) is 19.5 Å². The predicted molar refractivity (Wildman–Crippen MR) is 113 cm³/mol. The van der Waals surface area contributed by atoms with Crippen LogP contribution in [0.2, 0.25) is 0 Å². The minimum atomic E-state index is -4.98. The number of halogens is 4. The number of nitrogens with zero attached hydrogens (tertiary/aromatic N) is 1. The zero-order chi connectivity index (χ0) is 24.6. The van der Waals surface area contributed by atoms with E-state index in [1.165, 1.54) is 0 Å². The van der Waals surface area contributed by atoms with Crippen LogP contribution >= 0.6 is 0 Å². The highest BCUT2D eigenvalue weighted by Crippen LogP contribution is 2.32. The highest BCUT2D eigenvalue weighted by molar-refractivity contribution is 6.19. The van der Waals surface area contributed by atoms with Gasteiger partial charge in [-0.05, 0) is 18.6 Å². The van der Waals surface area contributed by atoms with Crippen molar-refractivity contribution < 1.29 is 31.9 Å². The Labute approximate surface area is 188 Å². The monoisotopic (exact) mass is 473 g/mol. The van der Waals surface area contributed by atoms with Crippen LogP contribution in [0.4, 0.5) is 17.6 Å². The molecular weight excluding hydrogens is 446 g/mol. The van der Waals surface area contributed by atoms with E-state index in [0.717, 1.165) is 38.3 Å². The van der Waals surface area contributed by atoms with Crippen molar-refractivity contribution in [3.05, 3.63) is 46.5 Å². The summed E-state index contributed by atoms with van der Waals surface area (Å²) >= 11 is 0. The van der Waals surface area contributed by atoms with E-state index in [-0.39, 0.29) is 23.5 Å². The average molecular weight is 473 g/mol. The highest BCUT2D eigenvalue weighted by atomic mass is 19.4. The van der Waals surface area contributed by atoms with E-state index in [1.54, 1.807) is 6.92 Å². The van der Waals surface area contributed by atoms with Crippen LogP contribution in [0.25, 0.3) is 0 Å². The fourth-order valence-corrected chi connectivity index (χ4v) is 3.19. The van der Waals surface area contributed by atoms with Crippen LogP contribution in [0.1, 0.15) is 29.3 Å². The summed E-state index contributed by atoms with van der Waals surface area (Å²) < 4.78 is 57.6. The molecule has 1 aliphatic heterocycles. The molecule has 0 atom stereocenters. The van der Waals surface area contributed by atoms with E-state index < -0.39 is 41.5 Å². The first kappa shape index (κ1) is 26.3. The molecule has 8 nitrogen and oxygen atoms in total. The lowest BCUT2D eigenvalue weighted by molar-refractivity contribution is -0.140. The van der Waals surface area contributed by atoms with Gasteiger partial charge in [-0.3, -0.25) is 9.69 Å². The summed E-state index contributed by atoms with van der Waals surface area (Å²) in [5.41, 5.74) is 3.07. The normalized spacial score (nSPS) is 15.5. The van der Waals surface area contributed by atoms with E-state index in [1.807, 2.05) is 0 Å². The number of Topliss-reactive ketones (excluding diaryl/α,β-unsaturated/α-hetero) is 1. The first-order valence-electron chi connectivity index (χ1n) is 10.4. The third-order valence-electron chi connectivity index (χ3n) is 5.02. The quantitative estimate of drug-likeness (QED) is 0.134. The smallest absolute Gasteiger partial charge is 0.419 e. The number of alkyl halides is 3. The van der Waals surface area contributed by atoms with Gasteiger partial charge >= 0.3 is 12.1 Å². The molecule has 0 amide bonds. The van der Waals surface area contributed by atoms with Crippen LogP contribution < -0.4 is 16.4 Å². The second kappa shape index (κ2) is 11.8. The second-order valence-electron chi connectivity index (χ2n) is 7.30. The Hall–Kier alpha value is -2.99. The predicted octanol–water partition coefficient (Wildman–Crippen LogP) is 1.67. The number of esters is 1. The van der Waals surface area contributed by atoms with E-state index in [0.29, 0.717) is 19.2 Å². The number of nitrogens with one attached hydrogen (secondary N) is 3. The number of nitrogens with two attached hydrogens (primary N) is 1. The molecule has 0 bridgehead atoms. The fourth-order valence-electron chi connectivity index (χ4n) is 3.19. The van der Waals surface area contributed by atoms with Gasteiger partial charge in [0.2, 0.25) is 5.78 Å². The number of carbonyl (C=O) groups is 2. The maximum Gasteiger partial charge on any atom is 0.419 e. The molecule has 1 aliphatic rings. The van der Waals surface area contributed by atoms with Crippen molar-refractivity contribution >= 4 is 17.5 Å². The summed E-state index contributed by atoms with van der Waals surface area (Å²) in [5, 5.41) is 14.1. The van der Waals surface area contributed by atoms with E-state index in [2.05, 4.69) is 15.5 Å². The van der Waals surface area contributed by atoms with Gasteiger partial charge in [-0.2, -0.15) is 13.2 Å². The molecule has 0 unspecified atom stereocenters. The maximum atomic E-state index is 14.1. The van der Waals surface area contributed by atoms with Gasteiger partial charge < -0.3 is 26.5 Å². The van der Waals surface area contributed by atoms with Crippen LogP contribution in [0.5, 0.6) is 0 Å². The van der Waals surface area contributed by atoms with Gasteiger partial charge in [-0.15, -0.1) is 0 Å². The molecule has 182 valence electrons.